The van der Waals surface area contributed by atoms with Crippen molar-refractivity contribution in [3.05, 3.63) is 89.5 Å². The highest BCUT2D eigenvalue weighted by atomic mass is 19.1. The summed E-state index contributed by atoms with van der Waals surface area (Å²) in [6, 6.07) is 17.5. The topological polar surface area (TPSA) is 46.5 Å². The molecule has 0 saturated carbocycles. The number of hydrogen-bond acceptors (Lipinski definition) is 2. The maximum atomic E-state index is 14.1. The van der Waals surface area contributed by atoms with Crippen molar-refractivity contribution in [1.29, 1.82) is 0 Å². The van der Waals surface area contributed by atoms with Gasteiger partial charge in [0.15, 0.2) is 0 Å². The molecular weight excluding hydrogens is 326 g/mol. The van der Waals surface area contributed by atoms with Gasteiger partial charge < -0.3 is 9.84 Å². The smallest absolute Gasteiger partial charge is 0.335 e. The number of hydrogen-bond donors (Lipinski definition) is 1. The van der Waals surface area contributed by atoms with Gasteiger partial charge in [0.1, 0.15) is 24.0 Å². The van der Waals surface area contributed by atoms with Crippen molar-refractivity contribution in [2.75, 3.05) is 0 Å². The van der Waals surface area contributed by atoms with Gasteiger partial charge in [-0.1, -0.05) is 42.5 Å². The number of ether oxygens (including phenoxy) is 1. The highest BCUT2D eigenvalue weighted by molar-refractivity contribution is 5.88. The average Bonchev–Trinajstić information content (AvgIpc) is 2.61. The number of carboxylic acid groups (broad SMARTS) is 1. The molecule has 0 heterocycles. The first-order valence-corrected chi connectivity index (χ1v) is 7.54. The lowest BCUT2D eigenvalue weighted by Gasteiger charge is -2.09. The minimum Gasteiger partial charge on any atom is -0.489 e. The predicted molar refractivity (Wildman–Crippen MR) is 89.5 cm³/mol. The molecule has 0 aliphatic heterocycles. The Balaban J connectivity index is 1.79. The Hall–Kier alpha value is -3.21. The molecule has 126 valence electrons. The third-order valence-corrected chi connectivity index (χ3v) is 3.68. The van der Waals surface area contributed by atoms with Gasteiger partial charge in [-0.25, -0.2) is 13.6 Å². The van der Waals surface area contributed by atoms with Crippen molar-refractivity contribution in [2.45, 2.75) is 6.61 Å². The van der Waals surface area contributed by atoms with Crippen molar-refractivity contribution >= 4 is 5.97 Å². The maximum absolute atomic E-state index is 14.1. The maximum Gasteiger partial charge on any atom is 0.335 e. The van der Waals surface area contributed by atoms with Crippen molar-refractivity contribution in [3.63, 3.8) is 0 Å². The van der Waals surface area contributed by atoms with Crippen molar-refractivity contribution in [3.8, 4) is 16.9 Å². The van der Waals surface area contributed by atoms with Crippen LogP contribution in [0.25, 0.3) is 11.1 Å². The van der Waals surface area contributed by atoms with E-state index in [1.165, 1.54) is 12.1 Å². The zero-order valence-electron chi connectivity index (χ0n) is 13.1. The molecule has 0 fully saturated rings. The van der Waals surface area contributed by atoms with E-state index in [2.05, 4.69) is 0 Å². The quantitative estimate of drug-likeness (QED) is 0.718. The van der Waals surface area contributed by atoms with E-state index >= 15 is 0 Å². The van der Waals surface area contributed by atoms with Crippen molar-refractivity contribution in [2.24, 2.45) is 0 Å². The molecule has 0 unspecified atom stereocenters. The minimum atomic E-state index is -1.38. The third kappa shape index (κ3) is 3.83. The van der Waals surface area contributed by atoms with Crippen molar-refractivity contribution < 1.29 is 23.4 Å². The van der Waals surface area contributed by atoms with Crippen LogP contribution in [0.1, 0.15) is 15.9 Å². The molecule has 0 radical (unpaired) electrons. The van der Waals surface area contributed by atoms with Crippen LogP contribution in [0.3, 0.4) is 0 Å². The number of benzene rings is 3. The second-order valence-corrected chi connectivity index (χ2v) is 5.42. The molecule has 0 aliphatic carbocycles. The zero-order chi connectivity index (χ0) is 17.8. The number of carbonyl (C=O) groups is 1. The average molecular weight is 340 g/mol. The molecule has 0 bridgehead atoms. The fourth-order valence-electron chi connectivity index (χ4n) is 2.43. The van der Waals surface area contributed by atoms with Crippen LogP contribution >= 0.6 is 0 Å². The summed E-state index contributed by atoms with van der Waals surface area (Å²) in [6.45, 7) is 0.385. The molecule has 0 spiro atoms. The first kappa shape index (κ1) is 16.6. The molecule has 0 atom stereocenters. The molecule has 3 aromatic carbocycles. The van der Waals surface area contributed by atoms with Gasteiger partial charge in [0.25, 0.3) is 0 Å². The van der Waals surface area contributed by atoms with Crippen LogP contribution in [0, 0.1) is 11.6 Å². The largest absolute Gasteiger partial charge is 0.489 e. The van der Waals surface area contributed by atoms with E-state index in [1.807, 2.05) is 30.3 Å². The Bertz CT molecular complexity index is 868. The molecule has 0 saturated heterocycles. The summed E-state index contributed by atoms with van der Waals surface area (Å²) in [6.07, 6.45) is 0. The van der Waals surface area contributed by atoms with E-state index in [-0.39, 0.29) is 5.56 Å². The number of carboxylic acids is 1. The van der Waals surface area contributed by atoms with Crippen molar-refractivity contribution in [1.82, 2.24) is 0 Å². The second kappa shape index (κ2) is 7.13. The molecule has 0 aromatic heterocycles. The van der Waals surface area contributed by atoms with Crippen LogP contribution in [-0.2, 0) is 6.61 Å². The SMILES string of the molecule is O=C(O)c1cc(F)c(-c2ccc(OCc3ccccc3)cc2)c(F)c1. The van der Waals surface area contributed by atoms with Gasteiger partial charge in [0, 0.05) is 0 Å². The highest BCUT2D eigenvalue weighted by Gasteiger charge is 2.16. The zero-order valence-corrected chi connectivity index (χ0v) is 13.1. The fourth-order valence-corrected chi connectivity index (χ4v) is 2.43. The predicted octanol–water partition coefficient (Wildman–Crippen LogP) is 4.91. The lowest BCUT2D eigenvalue weighted by Crippen LogP contribution is -2.01. The van der Waals surface area contributed by atoms with Gasteiger partial charge in [-0.2, -0.15) is 0 Å². The summed E-state index contributed by atoms with van der Waals surface area (Å²) in [4.78, 5) is 10.8. The van der Waals surface area contributed by atoms with Gasteiger partial charge in [-0.15, -0.1) is 0 Å². The van der Waals surface area contributed by atoms with E-state index in [4.69, 9.17) is 9.84 Å². The Morgan fingerprint density at radius 1 is 0.920 bits per heavy atom. The lowest BCUT2D eigenvalue weighted by atomic mass is 10.0. The van der Waals surface area contributed by atoms with E-state index in [0.29, 0.717) is 17.9 Å². The first-order valence-electron chi connectivity index (χ1n) is 7.54. The molecule has 3 nitrogen and oxygen atoms in total. The Morgan fingerprint density at radius 3 is 2.08 bits per heavy atom. The molecule has 3 aromatic rings. The molecule has 3 rings (SSSR count). The van der Waals surface area contributed by atoms with Gasteiger partial charge in [0.2, 0.25) is 0 Å². The molecule has 25 heavy (non-hydrogen) atoms. The van der Waals surface area contributed by atoms with Crippen LogP contribution in [0.5, 0.6) is 5.75 Å². The molecule has 0 amide bonds. The summed E-state index contributed by atoms with van der Waals surface area (Å²) in [5.41, 5.74) is 0.619. The normalized spacial score (nSPS) is 10.5. The molecule has 5 heteroatoms. The molecule has 1 N–H and O–H groups in total. The number of halogens is 2. The van der Waals surface area contributed by atoms with E-state index in [9.17, 15) is 13.6 Å². The van der Waals surface area contributed by atoms with Gasteiger partial charge >= 0.3 is 5.97 Å². The Labute approximate surface area is 143 Å². The van der Waals surface area contributed by atoms with Gasteiger partial charge in [-0.05, 0) is 35.4 Å². The Kier molecular flexibility index (Phi) is 4.75. The first-order chi connectivity index (χ1) is 12.0. The van der Waals surface area contributed by atoms with Crippen LogP contribution in [0.4, 0.5) is 8.78 Å². The molecule has 0 aliphatic rings. The van der Waals surface area contributed by atoms with E-state index in [0.717, 1.165) is 17.7 Å². The van der Waals surface area contributed by atoms with Gasteiger partial charge in [0.05, 0.1) is 11.1 Å². The number of rotatable bonds is 5. The van der Waals surface area contributed by atoms with Crippen LogP contribution in [-0.4, -0.2) is 11.1 Å². The minimum absolute atomic E-state index is 0.264. The summed E-state index contributed by atoms with van der Waals surface area (Å²) in [7, 11) is 0. The van der Waals surface area contributed by atoms with E-state index < -0.39 is 23.2 Å². The van der Waals surface area contributed by atoms with E-state index in [1.54, 1.807) is 12.1 Å². The molecular formula is C20H14F2O3. The van der Waals surface area contributed by atoms with Gasteiger partial charge in [-0.3, -0.25) is 0 Å². The lowest BCUT2D eigenvalue weighted by molar-refractivity contribution is 0.0695. The summed E-state index contributed by atoms with van der Waals surface area (Å²) >= 11 is 0. The second-order valence-electron chi connectivity index (χ2n) is 5.42. The summed E-state index contributed by atoms with van der Waals surface area (Å²) in [5.74, 6) is -2.66. The highest BCUT2D eigenvalue weighted by Crippen LogP contribution is 2.29. The Morgan fingerprint density at radius 2 is 1.52 bits per heavy atom. The third-order valence-electron chi connectivity index (χ3n) is 3.68. The summed E-state index contributed by atoms with van der Waals surface area (Å²) < 4.78 is 33.8. The standard InChI is InChI=1S/C20H14F2O3/c21-17-10-15(20(23)24)11-18(22)19(17)14-6-8-16(9-7-14)25-12-13-4-2-1-3-5-13/h1-11H,12H2,(H,23,24). The van der Waals surface area contributed by atoms with Crippen LogP contribution in [0.15, 0.2) is 66.7 Å². The van der Waals surface area contributed by atoms with Crippen LogP contribution in [0.2, 0.25) is 0 Å². The van der Waals surface area contributed by atoms with Crippen LogP contribution < -0.4 is 4.74 Å². The number of aromatic carboxylic acids is 1. The monoisotopic (exact) mass is 340 g/mol. The summed E-state index contributed by atoms with van der Waals surface area (Å²) in [5, 5.41) is 8.83. The fraction of sp³-hybridized carbons (Fsp3) is 0.0500.